The van der Waals surface area contributed by atoms with Gasteiger partial charge >= 0.3 is 0 Å². The normalized spacial score (nSPS) is 15.7. The van der Waals surface area contributed by atoms with Gasteiger partial charge < -0.3 is 10.1 Å². The summed E-state index contributed by atoms with van der Waals surface area (Å²) in [6, 6.07) is 17.9. The van der Waals surface area contributed by atoms with Crippen LogP contribution in [0.25, 0.3) is 0 Å². The zero-order chi connectivity index (χ0) is 15.4. The molecule has 0 heterocycles. The lowest BCUT2D eigenvalue weighted by Gasteiger charge is -2.43. The lowest BCUT2D eigenvalue weighted by Crippen LogP contribution is -2.52. The van der Waals surface area contributed by atoms with E-state index in [2.05, 4.69) is 17.4 Å². The van der Waals surface area contributed by atoms with Gasteiger partial charge in [-0.15, -0.1) is 0 Å². The smallest absolute Gasteiger partial charge is 0.258 e. The van der Waals surface area contributed by atoms with Crippen LogP contribution in [0.15, 0.2) is 54.6 Å². The Hall–Kier alpha value is -2.29. The Kier molecular flexibility index (Phi) is 4.14. The minimum absolute atomic E-state index is 0.0532. The van der Waals surface area contributed by atoms with Crippen LogP contribution in [-0.4, -0.2) is 12.5 Å². The summed E-state index contributed by atoms with van der Waals surface area (Å²) >= 11 is 0. The van der Waals surface area contributed by atoms with Crippen molar-refractivity contribution < 1.29 is 9.53 Å². The van der Waals surface area contributed by atoms with E-state index in [1.54, 1.807) is 0 Å². The molecule has 3 nitrogen and oxygen atoms in total. The summed E-state index contributed by atoms with van der Waals surface area (Å²) in [4.78, 5) is 12.2. The van der Waals surface area contributed by atoms with Crippen molar-refractivity contribution in [3.05, 3.63) is 65.7 Å². The molecule has 0 bridgehead atoms. The Morgan fingerprint density at radius 2 is 1.77 bits per heavy atom. The van der Waals surface area contributed by atoms with Gasteiger partial charge in [0.15, 0.2) is 6.61 Å². The van der Waals surface area contributed by atoms with Gasteiger partial charge in [-0.05, 0) is 43.9 Å². The Bertz CT molecular complexity index is 630. The van der Waals surface area contributed by atoms with Crippen molar-refractivity contribution in [3.63, 3.8) is 0 Å². The largest absolute Gasteiger partial charge is 0.484 e. The van der Waals surface area contributed by atoms with E-state index in [4.69, 9.17) is 4.74 Å². The monoisotopic (exact) mass is 295 g/mol. The second-order valence-electron chi connectivity index (χ2n) is 5.95. The second-order valence-corrected chi connectivity index (χ2v) is 5.95. The zero-order valence-corrected chi connectivity index (χ0v) is 12.8. The van der Waals surface area contributed by atoms with E-state index in [0.717, 1.165) is 25.0 Å². The van der Waals surface area contributed by atoms with E-state index in [9.17, 15) is 4.79 Å². The van der Waals surface area contributed by atoms with Crippen molar-refractivity contribution in [2.75, 3.05) is 6.61 Å². The molecular formula is C19H21NO2. The summed E-state index contributed by atoms with van der Waals surface area (Å²) in [7, 11) is 0. The van der Waals surface area contributed by atoms with E-state index < -0.39 is 0 Å². The highest BCUT2D eigenvalue weighted by Gasteiger charge is 2.39. The van der Waals surface area contributed by atoms with Crippen LogP contribution in [0.3, 0.4) is 0 Å². The van der Waals surface area contributed by atoms with Gasteiger partial charge in [0.25, 0.3) is 5.91 Å². The van der Waals surface area contributed by atoms with Gasteiger partial charge in [-0.3, -0.25) is 4.79 Å². The minimum atomic E-state index is -0.199. The molecule has 3 rings (SSSR count). The number of hydrogen-bond donors (Lipinski definition) is 1. The molecule has 1 N–H and O–H groups in total. The lowest BCUT2D eigenvalue weighted by molar-refractivity contribution is -0.126. The van der Waals surface area contributed by atoms with Gasteiger partial charge in [0.05, 0.1) is 5.54 Å². The zero-order valence-electron chi connectivity index (χ0n) is 12.8. The highest BCUT2D eigenvalue weighted by Crippen LogP contribution is 2.41. The van der Waals surface area contributed by atoms with Crippen LogP contribution < -0.4 is 10.1 Å². The Balaban J connectivity index is 1.60. The Morgan fingerprint density at radius 3 is 2.36 bits per heavy atom. The Morgan fingerprint density at radius 1 is 1.09 bits per heavy atom. The van der Waals surface area contributed by atoms with E-state index >= 15 is 0 Å². The summed E-state index contributed by atoms with van der Waals surface area (Å²) in [6.07, 6.45) is 3.13. The molecule has 1 saturated carbocycles. The SMILES string of the molecule is Cc1ccc(OCC(=O)NC2(c3ccccc3)CCC2)cc1. The van der Waals surface area contributed by atoms with Crippen LogP contribution in [0.4, 0.5) is 0 Å². The second kappa shape index (κ2) is 6.22. The van der Waals surface area contributed by atoms with Gasteiger partial charge in [-0.1, -0.05) is 48.0 Å². The summed E-state index contributed by atoms with van der Waals surface area (Å²) in [6.45, 7) is 2.08. The van der Waals surface area contributed by atoms with E-state index in [1.165, 1.54) is 11.1 Å². The summed E-state index contributed by atoms with van der Waals surface area (Å²) < 4.78 is 5.56. The van der Waals surface area contributed by atoms with Crippen LogP contribution >= 0.6 is 0 Å². The van der Waals surface area contributed by atoms with Gasteiger partial charge in [-0.25, -0.2) is 0 Å². The molecule has 0 unspecified atom stereocenters. The van der Waals surface area contributed by atoms with E-state index in [1.807, 2.05) is 49.4 Å². The maximum absolute atomic E-state index is 12.2. The topological polar surface area (TPSA) is 38.3 Å². The first kappa shape index (κ1) is 14.6. The molecule has 0 aromatic heterocycles. The average molecular weight is 295 g/mol. The predicted molar refractivity (Wildman–Crippen MR) is 86.8 cm³/mol. The number of ether oxygens (including phenoxy) is 1. The molecule has 22 heavy (non-hydrogen) atoms. The van der Waals surface area contributed by atoms with Gasteiger partial charge in [-0.2, -0.15) is 0 Å². The molecule has 0 atom stereocenters. The molecule has 0 saturated heterocycles. The van der Waals surface area contributed by atoms with E-state index in [-0.39, 0.29) is 18.1 Å². The first-order chi connectivity index (χ1) is 10.7. The van der Waals surface area contributed by atoms with Crippen molar-refractivity contribution >= 4 is 5.91 Å². The van der Waals surface area contributed by atoms with Gasteiger partial charge in [0, 0.05) is 0 Å². The molecule has 0 radical (unpaired) electrons. The van der Waals surface area contributed by atoms with Crippen LogP contribution in [0.5, 0.6) is 5.75 Å². The third-order valence-corrected chi connectivity index (χ3v) is 4.30. The maximum Gasteiger partial charge on any atom is 0.258 e. The number of carbonyl (C=O) groups is 1. The Labute approximate surface area is 131 Å². The fraction of sp³-hybridized carbons (Fsp3) is 0.316. The van der Waals surface area contributed by atoms with Gasteiger partial charge in [0.1, 0.15) is 5.75 Å². The molecule has 3 heteroatoms. The summed E-state index contributed by atoms with van der Waals surface area (Å²) in [5.74, 6) is 0.659. The fourth-order valence-electron chi connectivity index (χ4n) is 2.86. The molecule has 0 spiro atoms. The fourth-order valence-corrected chi connectivity index (χ4v) is 2.86. The van der Waals surface area contributed by atoms with Crippen LogP contribution in [0.1, 0.15) is 30.4 Å². The van der Waals surface area contributed by atoms with E-state index in [0.29, 0.717) is 0 Å². The standard InChI is InChI=1S/C19H21NO2/c1-15-8-10-17(11-9-15)22-14-18(21)20-19(12-5-13-19)16-6-3-2-4-7-16/h2-4,6-11H,5,12-14H2,1H3,(H,20,21). The van der Waals surface area contributed by atoms with Gasteiger partial charge in [0.2, 0.25) is 0 Å². The van der Waals surface area contributed by atoms with Crippen molar-refractivity contribution in [3.8, 4) is 5.75 Å². The highest BCUT2D eigenvalue weighted by atomic mass is 16.5. The molecule has 0 aliphatic heterocycles. The number of hydrogen-bond acceptors (Lipinski definition) is 2. The van der Waals surface area contributed by atoms with Crippen molar-refractivity contribution in [1.29, 1.82) is 0 Å². The van der Waals surface area contributed by atoms with Crippen LogP contribution in [0.2, 0.25) is 0 Å². The molecule has 1 amide bonds. The predicted octanol–water partition coefficient (Wildman–Crippen LogP) is 3.57. The van der Waals surface area contributed by atoms with Crippen molar-refractivity contribution in [2.45, 2.75) is 31.7 Å². The molecule has 1 aliphatic rings. The maximum atomic E-state index is 12.2. The third kappa shape index (κ3) is 3.14. The number of nitrogens with one attached hydrogen (secondary N) is 1. The molecule has 1 aliphatic carbocycles. The first-order valence-corrected chi connectivity index (χ1v) is 7.74. The molecule has 2 aromatic rings. The number of aryl methyl sites for hydroxylation is 1. The van der Waals surface area contributed by atoms with Crippen molar-refractivity contribution in [2.24, 2.45) is 0 Å². The first-order valence-electron chi connectivity index (χ1n) is 7.74. The summed E-state index contributed by atoms with van der Waals surface area (Å²) in [5.41, 5.74) is 2.16. The number of carbonyl (C=O) groups excluding carboxylic acids is 1. The number of amides is 1. The van der Waals surface area contributed by atoms with Crippen LogP contribution in [-0.2, 0) is 10.3 Å². The average Bonchev–Trinajstić information content (AvgIpc) is 2.51. The molecule has 114 valence electrons. The number of rotatable bonds is 5. The molecule has 2 aromatic carbocycles. The highest BCUT2D eigenvalue weighted by molar-refractivity contribution is 5.78. The van der Waals surface area contributed by atoms with Crippen LogP contribution in [0, 0.1) is 6.92 Å². The third-order valence-electron chi connectivity index (χ3n) is 4.30. The quantitative estimate of drug-likeness (QED) is 0.915. The lowest BCUT2D eigenvalue weighted by atomic mass is 9.72. The van der Waals surface area contributed by atoms with Crippen molar-refractivity contribution in [1.82, 2.24) is 5.32 Å². The number of benzene rings is 2. The molecule has 1 fully saturated rings. The molecular weight excluding hydrogens is 274 g/mol. The minimum Gasteiger partial charge on any atom is -0.484 e. The summed E-state index contributed by atoms with van der Waals surface area (Å²) in [5, 5.41) is 3.16.